The van der Waals surface area contributed by atoms with Crippen molar-refractivity contribution in [3.63, 3.8) is 0 Å². The van der Waals surface area contributed by atoms with Gasteiger partial charge in [-0.3, -0.25) is 0 Å². The Labute approximate surface area is 147 Å². The van der Waals surface area contributed by atoms with Crippen molar-refractivity contribution in [2.75, 3.05) is 6.61 Å². The second kappa shape index (κ2) is 7.70. The van der Waals surface area contributed by atoms with E-state index >= 15 is 0 Å². The zero-order valence-electron chi connectivity index (χ0n) is 14.2. The van der Waals surface area contributed by atoms with Crippen molar-refractivity contribution >= 4 is 0 Å². The minimum absolute atomic E-state index is 0.0495. The van der Waals surface area contributed by atoms with Crippen LogP contribution < -0.4 is 0 Å². The minimum Gasteiger partial charge on any atom is -0.373 e. The second-order valence-corrected chi connectivity index (χ2v) is 6.13. The van der Waals surface area contributed by atoms with Gasteiger partial charge in [0.25, 0.3) is 0 Å². The Kier molecular flexibility index (Phi) is 6.01. The predicted molar refractivity (Wildman–Crippen MR) is 85.7 cm³/mol. The molecule has 2 unspecified atom stereocenters. The Morgan fingerprint density at radius 2 is 1.27 bits per heavy atom. The van der Waals surface area contributed by atoms with Gasteiger partial charge in [0.15, 0.2) is 0 Å². The van der Waals surface area contributed by atoms with E-state index in [1.54, 1.807) is 0 Å². The Balaban J connectivity index is 2.20. The highest BCUT2D eigenvalue weighted by Gasteiger charge is 2.37. The van der Waals surface area contributed by atoms with Crippen LogP contribution in [0, 0.1) is 0 Å². The summed E-state index contributed by atoms with van der Waals surface area (Å²) in [7, 11) is 0. The molecular weight excluding hydrogens is 358 g/mol. The number of hydrogen-bond donors (Lipinski definition) is 0. The monoisotopic (exact) mass is 376 g/mol. The van der Waals surface area contributed by atoms with Crippen LogP contribution >= 0.6 is 0 Å². The zero-order valence-corrected chi connectivity index (χ0v) is 14.2. The first kappa shape index (κ1) is 20.3. The van der Waals surface area contributed by atoms with Crippen LogP contribution in [0.1, 0.15) is 48.1 Å². The van der Waals surface area contributed by atoms with E-state index in [1.165, 1.54) is 6.92 Å². The van der Waals surface area contributed by atoms with Crippen LogP contribution in [-0.2, 0) is 17.1 Å². The van der Waals surface area contributed by atoms with Crippen LogP contribution in [-0.4, -0.2) is 6.61 Å². The normalized spacial score (nSPS) is 14.9. The molecule has 0 bridgehead atoms. The molecule has 2 aromatic rings. The van der Waals surface area contributed by atoms with Gasteiger partial charge >= 0.3 is 12.4 Å². The molecule has 7 heteroatoms. The fourth-order valence-corrected chi connectivity index (χ4v) is 2.48. The summed E-state index contributed by atoms with van der Waals surface area (Å²) in [5, 5.41) is 0. The van der Waals surface area contributed by atoms with E-state index in [4.69, 9.17) is 4.74 Å². The molecule has 0 heterocycles. The Morgan fingerprint density at radius 1 is 0.769 bits per heavy atom. The van der Waals surface area contributed by atoms with E-state index in [2.05, 4.69) is 0 Å². The van der Waals surface area contributed by atoms with Gasteiger partial charge < -0.3 is 4.74 Å². The van der Waals surface area contributed by atoms with Gasteiger partial charge in [0.1, 0.15) is 0 Å². The van der Waals surface area contributed by atoms with E-state index in [1.807, 2.05) is 37.3 Å². The molecule has 0 spiro atoms. The molecule has 0 saturated carbocycles. The second-order valence-electron chi connectivity index (χ2n) is 6.13. The van der Waals surface area contributed by atoms with Crippen LogP contribution in [0.5, 0.6) is 0 Å². The minimum atomic E-state index is -4.87. The molecule has 0 N–H and O–H groups in total. The molecule has 142 valence electrons. The van der Waals surface area contributed by atoms with Crippen molar-refractivity contribution in [3.8, 4) is 0 Å². The maximum atomic E-state index is 12.9. The van der Waals surface area contributed by atoms with Gasteiger partial charge in [0.2, 0.25) is 0 Å². The average Bonchev–Trinajstić information content (AvgIpc) is 2.58. The van der Waals surface area contributed by atoms with Gasteiger partial charge in [0.05, 0.1) is 23.8 Å². The quantitative estimate of drug-likeness (QED) is 0.534. The third-order valence-corrected chi connectivity index (χ3v) is 4.04. The standard InChI is InChI=1S/C19H18F6O/c1-12(14-6-4-3-5-7-14)11-26-13(2)15-8-16(18(20,21)22)10-17(9-15)19(23,24)25/h3-10,12-13H,11H2,1-2H3. The van der Waals surface area contributed by atoms with Gasteiger partial charge in [-0.15, -0.1) is 0 Å². The zero-order chi connectivity index (χ0) is 19.5. The Hall–Kier alpha value is -2.02. The van der Waals surface area contributed by atoms with Crippen molar-refractivity contribution < 1.29 is 31.1 Å². The third-order valence-electron chi connectivity index (χ3n) is 4.04. The first-order valence-electron chi connectivity index (χ1n) is 7.94. The van der Waals surface area contributed by atoms with Crippen molar-refractivity contribution in [1.29, 1.82) is 0 Å². The summed E-state index contributed by atoms with van der Waals surface area (Å²) in [6.45, 7) is 3.48. The molecule has 0 aliphatic carbocycles. The summed E-state index contributed by atoms with van der Waals surface area (Å²) in [6.07, 6.45) is -10.6. The van der Waals surface area contributed by atoms with E-state index in [0.29, 0.717) is 12.1 Å². The van der Waals surface area contributed by atoms with Gasteiger partial charge in [-0.05, 0) is 36.2 Å². The van der Waals surface area contributed by atoms with Crippen LogP contribution in [0.4, 0.5) is 26.3 Å². The molecule has 0 fully saturated rings. The Morgan fingerprint density at radius 3 is 1.73 bits per heavy atom. The molecular formula is C19H18F6O. The third kappa shape index (κ3) is 5.24. The number of hydrogen-bond acceptors (Lipinski definition) is 1. The topological polar surface area (TPSA) is 9.23 Å². The highest BCUT2D eigenvalue weighted by molar-refractivity contribution is 5.34. The largest absolute Gasteiger partial charge is 0.416 e. The summed E-state index contributed by atoms with van der Waals surface area (Å²) in [5.41, 5.74) is -1.87. The lowest BCUT2D eigenvalue weighted by Crippen LogP contribution is -2.14. The van der Waals surface area contributed by atoms with Crippen LogP contribution in [0.3, 0.4) is 0 Å². The SMILES string of the molecule is CC(COC(C)c1cc(C(F)(F)F)cc(C(F)(F)F)c1)c1ccccc1. The molecule has 2 rings (SSSR count). The number of ether oxygens (including phenoxy) is 1. The van der Waals surface area contributed by atoms with Crippen LogP contribution in [0.25, 0.3) is 0 Å². The summed E-state index contributed by atoms with van der Waals surface area (Å²) < 4.78 is 83.1. The fraction of sp³-hybridized carbons (Fsp3) is 0.368. The van der Waals surface area contributed by atoms with E-state index < -0.39 is 29.6 Å². The maximum Gasteiger partial charge on any atom is 0.416 e. The summed E-state index contributed by atoms with van der Waals surface area (Å²) in [5.74, 6) is -0.0495. The maximum absolute atomic E-state index is 12.9. The average molecular weight is 376 g/mol. The van der Waals surface area contributed by atoms with E-state index in [-0.39, 0.29) is 24.2 Å². The molecule has 0 saturated heterocycles. The first-order valence-corrected chi connectivity index (χ1v) is 7.94. The highest BCUT2D eigenvalue weighted by atomic mass is 19.4. The number of benzene rings is 2. The molecule has 0 amide bonds. The number of alkyl halides is 6. The van der Waals surface area contributed by atoms with Crippen molar-refractivity contribution in [3.05, 3.63) is 70.8 Å². The van der Waals surface area contributed by atoms with Gasteiger partial charge in [-0.25, -0.2) is 0 Å². The highest BCUT2D eigenvalue weighted by Crippen LogP contribution is 2.38. The Bertz CT molecular complexity index is 689. The molecule has 2 aromatic carbocycles. The summed E-state index contributed by atoms with van der Waals surface area (Å²) >= 11 is 0. The molecule has 1 nitrogen and oxygen atoms in total. The lowest BCUT2D eigenvalue weighted by Gasteiger charge is -2.20. The molecule has 0 radical (unpaired) electrons. The van der Waals surface area contributed by atoms with Crippen LogP contribution in [0.15, 0.2) is 48.5 Å². The van der Waals surface area contributed by atoms with Gasteiger partial charge in [-0.1, -0.05) is 37.3 Å². The molecule has 0 aliphatic heterocycles. The van der Waals surface area contributed by atoms with E-state index in [9.17, 15) is 26.3 Å². The molecule has 26 heavy (non-hydrogen) atoms. The lowest BCUT2D eigenvalue weighted by molar-refractivity contribution is -0.143. The fourth-order valence-electron chi connectivity index (χ4n) is 2.48. The van der Waals surface area contributed by atoms with Crippen molar-refractivity contribution in [2.24, 2.45) is 0 Å². The summed E-state index contributed by atoms with van der Waals surface area (Å²) in [4.78, 5) is 0. The first-order chi connectivity index (χ1) is 12.0. The lowest BCUT2D eigenvalue weighted by atomic mass is 10.0. The van der Waals surface area contributed by atoms with Crippen LogP contribution in [0.2, 0.25) is 0 Å². The van der Waals surface area contributed by atoms with E-state index in [0.717, 1.165) is 5.56 Å². The summed E-state index contributed by atoms with van der Waals surface area (Å²) in [6, 6.07) is 10.8. The molecule has 0 aliphatic rings. The van der Waals surface area contributed by atoms with Crippen molar-refractivity contribution in [1.82, 2.24) is 0 Å². The smallest absolute Gasteiger partial charge is 0.373 e. The number of halogens is 6. The van der Waals surface area contributed by atoms with Crippen molar-refractivity contribution in [2.45, 2.75) is 38.2 Å². The molecule has 0 aromatic heterocycles. The number of rotatable bonds is 5. The predicted octanol–water partition coefficient (Wildman–Crippen LogP) is 6.61. The van der Waals surface area contributed by atoms with Gasteiger partial charge in [-0.2, -0.15) is 26.3 Å². The van der Waals surface area contributed by atoms with Gasteiger partial charge in [0, 0.05) is 5.92 Å². The molecule has 2 atom stereocenters.